The van der Waals surface area contributed by atoms with Gasteiger partial charge in [0.25, 0.3) is 5.69 Å². The van der Waals surface area contributed by atoms with E-state index in [4.69, 9.17) is 0 Å². The van der Waals surface area contributed by atoms with Crippen LogP contribution < -0.4 is 0 Å². The largest absolute Gasteiger partial charge is 0.303 e. The molecular formula is C22H21NO5S. The first kappa shape index (κ1) is 20.7. The highest BCUT2D eigenvalue weighted by Gasteiger charge is 2.32. The van der Waals surface area contributed by atoms with Gasteiger partial charge in [0.2, 0.25) is 0 Å². The molecule has 0 atom stereocenters. The molecule has 0 spiro atoms. The van der Waals surface area contributed by atoms with Gasteiger partial charge < -0.3 is 0 Å². The molecule has 0 saturated heterocycles. The maximum Gasteiger partial charge on any atom is 0.303 e. The number of nitro benzene ring substituents is 1. The number of rotatable bonds is 7. The van der Waals surface area contributed by atoms with Crippen molar-refractivity contribution in [2.75, 3.05) is 7.11 Å². The van der Waals surface area contributed by atoms with Crippen LogP contribution in [-0.4, -0.2) is 20.5 Å². The number of hydrogen-bond acceptors (Lipinski definition) is 5. The molecule has 0 heterocycles. The van der Waals surface area contributed by atoms with E-state index in [1.807, 2.05) is 60.7 Å². The summed E-state index contributed by atoms with van der Waals surface area (Å²) in [5, 5.41) is 12.0. The topological polar surface area (TPSA) is 86.5 Å². The van der Waals surface area contributed by atoms with Gasteiger partial charge in [-0.2, -0.15) is 8.42 Å². The predicted octanol–water partition coefficient (Wildman–Crippen LogP) is 4.42. The summed E-state index contributed by atoms with van der Waals surface area (Å²) in [6.45, 7) is 1.77. The summed E-state index contributed by atoms with van der Waals surface area (Å²) < 4.78 is 29.5. The van der Waals surface area contributed by atoms with Crippen LogP contribution in [0.5, 0.6) is 0 Å². The van der Waals surface area contributed by atoms with Gasteiger partial charge in [-0.15, -0.1) is 0 Å². The Balaban J connectivity index is 2.29. The van der Waals surface area contributed by atoms with E-state index in [9.17, 15) is 18.5 Å². The highest BCUT2D eigenvalue weighted by molar-refractivity contribution is 7.86. The summed E-state index contributed by atoms with van der Waals surface area (Å²) in [4.78, 5) is 11.0. The van der Waals surface area contributed by atoms with Gasteiger partial charge in [0.05, 0.1) is 12.0 Å². The van der Waals surface area contributed by atoms with Crippen LogP contribution in [0, 0.1) is 17.0 Å². The molecular weight excluding hydrogens is 390 g/mol. The second-order valence-electron chi connectivity index (χ2n) is 6.70. The molecule has 0 saturated carbocycles. The SMILES string of the molecule is COS(=O)(=O)c1cc(C)c(Cc2ccccc2)c(Cc2ccccc2)c1[N+](=O)[O-]. The molecule has 0 aliphatic rings. The van der Waals surface area contributed by atoms with Crippen molar-refractivity contribution in [3.8, 4) is 0 Å². The Morgan fingerprint density at radius 2 is 1.38 bits per heavy atom. The van der Waals surface area contributed by atoms with Crippen molar-refractivity contribution in [2.45, 2.75) is 24.7 Å². The highest BCUT2D eigenvalue weighted by atomic mass is 32.2. The number of aryl methyl sites for hydroxylation is 1. The van der Waals surface area contributed by atoms with E-state index < -0.39 is 25.6 Å². The van der Waals surface area contributed by atoms with Crippen molar-refractivity contribution in [3.63, 3.8) is 0 Å². The highest BCUT2D eigenvalue weighted by Crippen LogP contribution is 2.36. The molecule has 0 radical (unpaired) electrons. The molecule has 150 valence electrons. The lowest BCUT2D eigenvalue weighted by Crippen LogP contribution is -2.13. The van der Waals surface area contributed by atoms with Crippen molar-refractivity contribution in [3.05, 3.63) is 105 Å². The monoisotopic (exact) mass is 411 g/mol. The van der Waals surface area contributed by atoms with E-state index in [1.54, 1.807) is 6.92 Å². The third-order valence-electron chi connectivity index (χ3n) is 4.83. The molecule has 3 aromatic carbocycles. The Hall–Kier alpha value is -3.03. The number of nitro groups is 1. The van der Waals surface area contributed by atoms with Crippen LogP contribution >= 0.6 is 0 Å². The maximum absolute atomic E-state index is 12.4. The third kappa shape index (κ3) is 4.52. The molecule has 0 N–H and O–H groups in total. The van der Waals surface area contributed by atoms with Crippen LogP contribution in [0.4, 0.5) is 5.69 Å². The third-order valence-corrected chi connectivity index (χ3v) is 6.11. The molecule has 0 aliphatic carbocycles. The van der Waals surface area contributed by atoms with Gasteiger partial charge >= 0.3 is 10.1 Å². The van der Waals surface area contributed by atoms with Gasteiger partial charge in [-0.3, -0.25) is 14.3 Å². The van der Waals surface area contributed by atoms with Gasteiger partial charge in [0, 0.05) is 12.0 Å². The van der Waals surface area contributed by atoms with Crippen molar-refractivity contribution in [1.82, 2.24) is 0 Å². The van der Waals surface area contributed by atoms with Crippen LogP contribution in [0.15, 0.2) is 71.6 Å². The van der Waals surface area contributed by atoms with Gasteiger partial charge in [0.15, 0.2) is 4.90 Å². The van der Waals surface area contributed by atoms with Crippen LogP contribution in [0.1, 0.15) is 27.8 Å². The quantitative estimate of drug-likeness (QED) is 0.326. The standard InChI is InChI=1S/C22H21NO5S/c1-16-13-21(29(26,27)28-2)22(23(24)25)20(15-18-11-7-4-8-12-18)19(16)14-17-9-5-3-6-10-17/h3-13H,14-15H2,1-2H3. The molecule has 3 rings (SSSR count). The molecule has 0 amide bonds. The minimum Gasteiger partial charge on any atom is -0.270 e. The van der Waals surface area contributed by atoms with E-state index in [-0.39, 0.29) is 6.42 Å². The maximum atomic E-state index is 12.4. The van der Waals surface area contributed by atoms with Gasteiger partial charge in [0.1, 0.15) is 0 Å². The summed E-state index contributed by atoms with van der Waals surface area (Å²) in [5.41, 5.74) is 3.23. The van der Waals surface area contributed by atoms with Gasteiger partial charge in [-0.25, -0.2) is 0 Å². The van der Waals surface area contributed by atoms with E-state index in [0.717, 1.165) is 23.8 Å². The first-order valence-electron chi connectivity index (χ1n) is 9.01. The average Bonchev–Trinajstić information content (AvgIpc) is 2.71. The molecule has 6 nitrogen and oxygen atoms in total. The molecule has 0 aliphatic heterocycles. The van der Waals surface area contributed by atoms with E-state index in [2.05, 4.69) is 4.18 Å². The second-order valence-corrected chi connectivity index (χ2v) is 8.38. The van der Waals surface area contributed by atoms with Gasteiger partial charge in [-0.05, 0) is 41.7 Å². The fraction of sp³-hybridized carbons (Fsp3) is 0.182. The van der Waals surface area contributed by atoms with Gasteiger partial charge in [-0.1, -0.05) is 60.7 Å². The minimum atomic E-state index is -4.24. The summed E-state index contributed by atoms with van der Waals surface area (Å²) in [6.07, 6.45) is 0.705. The first-order valence-corrected chi connectivity index (χ1v) is 10.4. The summed E-state index contributed by atoms with van der Waals surface area (Å²) >= 11 is 0. The minimum absolute atomic E-state index is 0.243. The van der Waals surface area contributed by atoms with Crippen molar-refractivity contribution < 1.29 is 17.5 Å². The van der Waals surface area contributed by atoms with Crippen LogP contribution in [0.3, 0.4) is 0 Å². The molecule has 7 heteroatoms. The Morgan fingerprint density at radius 3 is 1.83 bits per heavy atom. The molecule has 29 heavy (non-hydrogen) atoms. The van der Waals surface area contributed by atoms with E-state index in [0.29, 0.717) is 17.5 Å². The molecule has 0 unspecified atom stereocenters. The lowest BCUT2D eigenvalue weighted by molar-refractivity contribution is -0.388. The molecule has 0 bridgehead atoms. The smallest absolute Gasteiger partial charge is 0.270 e. The molecule has 3 aromatic rings. The Kier molecular flexibility index (Phi) is 6.10. The van der Waals surface area contributed by atoms with Crippen molar-refractivity contribution >= 4 is 15.8 Å². The second kappa shape index (κ2) is 8.55. The van der Waals surface area contributed by atoms with Crippen LogP contribution in [0.25, 0.3) is 0 Å². The zero-order valence-electron chi connectivity index (χ0n) is 16.2. The van der Waals surface area contributed by atoms with Crippen molar-refractivity contribution in [2.24, 2.45) is 0 Å². The van der Waals surface area contributed by atoms with E-state index in [1.165, 1.54) is 6.07 Å². The average molecular weight is 411 g/mol. The number of nitrogens with zero attached hydrogens (tertiary/aromatic N) is 1. The fourth-order valence-electron chi connectivity index (χ4n) is 3.40. The normalized spacial score (nSPS) is 11.4. The van der Waals surface area contributed by atoms with Crippen LogP contribution in [-0.2, 0) is 27.1 Å². The van der Waals surface area contributed by atoms with Crippen LogP contribution in [0.2, 0.25) is 0 Å². The Bertz CT molecular complexity index is 1130. The Labute approximate surface area is 170 Å². The fourth-order valence-corrected chi connectivity index (χ4v) is 4.33. The van der Waals surface area contributed by atoms with E-state index >= 15 is 0 Å². The summed E-state index contributed by atoms with van der Waals surface area (Å²) in [6, 6.07) is 20.2. The van der Waals surface area contributed by atoms with Crippen molar-refractivity contribution in [1.29, 1.82) is 0 Å². The summed E-state index contributed by atoms with van der Waals surface area (Å²) in [5.74, 6) is 0. The first-order chi connectivity index (χ1) is 13.8. The summed E-state index contributed by atoms with van der Waals surface area (Å²) in [7, 11) is -3.24. The zero-order valence-corrected chi connectivity index (χ0v) is 17.0. The Morgan fingerprint density at radius 1 is 0.897 bits per heavy atom. The zero-order chi connectivity index (χ0) is 21.0. The molecule has 0 fully saturated rings. The molecule has 0 aromatic heterocycles. The number of hydrogen-bond donors (Lipinski definition) is 0. The number of benzene rings is 3. The lowest BCUT2D eigenvalue weighted by Gasteiger charge is -2.16. The predicted molar refractivity (Wildman–Crippen MR) is 111 cm³/mol. The lowest BCUT2D eigenvalue weighted by atomic mass is 9.90.